The summed E-state index contributed by atoms with van der Waals surface area (Å²) in [5, 5.41) is 10.6. The fourth-order valence-corrected chi connectivity index (χ4v) is 2.54. The molecule has 18 heavy (non-hydrogen) atoms. The molecule has 1 aromatic carbocycles. The minimum absolute atomic E-state index is 0.529. The van der Waals surface area contributed by atoms with E-state index in [-0.39, 0.29) is 0 Å². The molecule has 0 amide bonds. The second-order valence-electron chi connectivity index (χ2n) is 4.47. The van der Waals surface area contributed by atoms with Crippen molar-refractivity contribution >= 4 is 31.9 Å². The molecule has 0 fully saturated rings. The standard InChI is InChI=1S/C14H13Br2NO/c1-14(18,11-2-4-12(15)5-3-11)7-10-6-13(16)9-17-8-10/h2-6,8-9,18H,7H2,1H3. The van der Waals surface area contributed by atoms with Crippen LogP contribution in [0.4, 0.5) is 0 Å². The maximum absolute atomic E-state index is 10.6. The first-order chi connectivity index (χ1) is 8.47. The Morgan fingerprint density at radius 2 is 1.78 bits per heavy atom. The molecule has 0 aliphatic heterocycles. The number of pyridine rings is 1. The number of aliphatic hydroxyl groups is 1. The van der Waals surface area contributed by atoms with Crippen LogP contribution in [-0.4, -0.2) is 10.1 Å². The van der Waals surface area contributed by atoms with Gasteiger partial charge in [0.25, 0.3) is 0 Å². The van der Waals surface area contributed by atoms with Crippen molar-refractivity contribution in [3.05, 3.63) is 62.8 Å². The van der Waals surface area contributed by atoms with E-state index in [1.54, 1.807) is 12.4 Å². The Kier molecular flexibility index (Phi) is 4.20. The molecule has 0 bridgehead atoms. The highest BCUT2D eigenvalue weighted by Gasteiger charge is 2.23. The minimum atomic E-state index is -0.900. The first kappa shape index (κ1) is 13.7. The third kappa shape index (κ3) is 3.40. The molecule has 0 saturated carbocycles. The first-order valence-corrected chi connectivity index (χ1v) is 7.14. The summed E-state index contributed by atoms with van der Waals surface area (Å²) < 4.78 is 1.93. The van der Waals surface area contributed by atoms with Gasteiger partial charge in [0.2, 0.25) is 0 Å². The number of benzene rings is 1. The van der Waals surface area contributed by atoms with E-state index in [1.165, 1.54) is 0 Å². The predicted molar refractivity (Wildman–Crippen MR) is 79.4 cm³/mol. The average Bonchev–Trinajstić information content (AvgIpc) is 2.29. The summed E-state index contributed by atoms with van der Waals surface area (Å²) in [7, 11) is 0. The third-order valence-corrected chi connectivity index (χ3v) is 3.74. The lowest BCUT2D eigenvalue weighted by Crippen LogP contribution is -2.24. The fraction of sp³-hybridized carbons (Fsp3) is 0.214. The van der Waals surface area contributed by atoms with Crippen LogP contribution in [0.5, 0.6) is 0 Å². The van der Waals surface area contributed by atoms with Crippen molar-refractivity contribution in [2.24, 2.45) is 0 Å². The summed E-state index contributed by atoms with van der Waals surface area (Å²) in [4.78, 5) is 4.11. The van der Waals surface area contributed by atoms with Crippen LogP contribution in [0.1, 0.15) is 18.1 Å². The van der Waals surface area contributed by atoms with Gasteiger partial charge in [-0.2, -0.15) is 0 Å². The van der Waals surface area contributed by atoms with Gasteiger partial charge in [-0.05, 0) is 52.2 Å². The van der Waals surface area contributed by atoms with Crippen LogP contribution in [-0.2, 0) is 12.0 Å². The molecule has 2 aromatic rings. The van der Waals surface area contributed by atoms with E-state index in [0.717, 1.165) is 20.1 Å². The van der Waals surface area contributed by atoms with Crippen LogP contribution in [0.2, 0.25) is 0 Å². The van der Waals surface area contributed by atoms with Gasteiger partial charge in [-0.3, -0.25) is 4.98 Å². The van der Waals surface area contributed by atoms with Crippen molar-refractivity contribution in [1.82, 2.24) is 4.98 Å². The smallest absolute Gasteiger partial charge is 0.0909 e. The molecule has 0 saturated heterocycles. The average molecular weight is 371 g/mol. The molecule has 0 radical (unpaired) electrons. The first-order valence-electron chi connectivity index (χ1n) is 5.55. The monoisotopic (exact) mass is 369 g/mol. The predicted octanol–water partition coefficient (Wildman–Crippen LogP) is 4.06. The van der Waals surface area contributed by atoms with Gasteiger partial charge < -0.3 is 5.11 Å². The largest absolute Gasteiger partial charge is 0.385 e. The highest BCUT2D eigenvalue weighted by molar-refractivity contribution is 9.10. The van der Waals surface area contributed by atoms with Crippen molar-refractivity contribution in [2.75, 3.05) is 0 Å². The lowest BCUT2D eigenvalue weighted by atomic mass is 9.90. The van der Waals surface area contributed by atoms with Crippen LogP contribution in [0, 0.1) is 0 Å². The molecule has 0 aliphatic carbocycles. The molecule has 0 spiro atoms. The number of nitrogens with zero attached hydrogens (tertiary/aromatic N) is 1. The zero-order valence-corrected chi connectivity index (χ0v) is 13.1. The minimum Gasteiger partial charge on any atom is -0.385 e. The van der Waals surface area contributed by atoms with Crippen LogP contribution in [0.25, 0.3) is 0 Å². The highest BCUT2D eigenvalue weighted by Crippen LogP contribution is 2.27. The molecule has 0 aliphatic rings. The van der Waals surface area contributed by atoms with E-state index >= 15 is 0 Å². The normalized spacial score (nSPS) is 14.2. The van der Waals surface area contributed by atoms with E-state index in [1.807, 2.05) is 37.3 Å². The van der Waals surface area contributed by atoms with Gasteiger partial charge in [0.05, 0.1) is 5.60 Å². The quantitative estimate of drug-likeness (QED) is 0.883. The molecule has 1 atom stereocenters. The van der Waals surface area contributed by atoms with Gasteiger partial charge in [-0.1, -0.05) is 28.1 Å². The SMILES string of the molecule is CC(O)(Cc1cncc(Br)c1)c1ccc(Br)cc1. The Balaban J connectivity index is 2.23. The molecular weight excluding hydrogens is 358 g/mol. The van der Waals surface area contributed by atoms with Crippen LogP contribution in [0.3, 0.4) is 0 Å². The summed E-state index contributed by atoms with van der Waals surface area (Å²) in [5.41, 5.74) is 0.992. The fourth-order valence-electron chi connectivity index (χ4n) is 1.86. The molecular formula is C14H13Br2NO. The third-order valence-electron chi connectivity index (χ3n) is 2.78. The molecule has 2 nitrogen and oxygen atoms in total. The Morgan fingerprint density at radius 3 is 2.39 bits per heavy atom. The van der Waals surface area contributed by atoms with Crippen LogP contribution >= 0.6 is 31.9 Å². The van der Waals surface area contributed by atoms with Gasteiger partial charge in [-0.15, -0.1) is 0 Å². The Bertz CT molecular complexity index is 538. The van der Waals surface area contributed by atoms with Crippen molar-refractivity contribution in [2.45, 2.75) is 18.9 Å². The van der Waals surface area contributed by atoms with Crippen LogP contribution < -0.4 is 0 Å². The van der Waals surface area contributed by atoms with Gasteiger partial charge >= 0.3 is 0 Å². The van der Waals surface area contributed by atoms with Crippen molar-refractivity contribution in [3.63, 3.8) is 0 Å². The van der Waals surface area contributed by atoms with Gasteiger partial charge in [-0.25, -0.2) is 0 Å². The molecule has 1 heterocycles. The summed E-state index contributed by atoms with van der Waals surface area (Å²) in [6, 6.07) is 9.69. The number of rotatable bonds is 3. The van der Waals surface area contributed by atoms with E-state index in [0.29, 0.717) is 6.42 Å². The topological polar surface area (TPSA) is 33.1 Å². The second-order valence-corrected chi connectivity index (χ2v) is 6.30. The van der Waals surface area contributed by atoms with Gasteiger partial charge in [0, 0.05) is 27.8 Å². The molecule has 4 heteroatoms. The van der Waals surface area contributed by atoms with E-state index < -0.39 is 5.60 Å². The van der Waals surface area contributed by atoms with Crippen LogP contribution in [0.15, 0.2) is 51.7 Å². The lowest BCUT2D eigenvalue weighted by Gasteiger charge is -2.24. The summed E-state index contributed by atoms with van der Waals surface area (Å²) in [6.07, 6.45) is 4.04. The lowest BCUT2D eigenvalue weighted by molar-refractivity contribution is 0.0575. The zero-order chi connectivity index (χ0) is 13.2. The zero-order valence-electron chi connectivity index (χ0n) is 9.90. The number of halogens is 2. The van der Waals surface area contributed by atoms with E-state index in [9.17, 15) is 5.11 Å². The summed E-state index contributed by atoms with van der Waals surface area (Å²) in [5.74, 6) is 0. The Morgan fingerprint density at radius 1 is 1.11 bits per heavy atom. The Labute approximate surface area is 123 Å². The molecule has 1 aromatic heterocycles. The molecule has 1 N–H and O–H groups in total. The molecule has 1 unspecified atom stereocenters. The van der Waals surface area contributed by atoms with Gasteiger partial charge in [0.15, 0.2) is 0 Å². The maximum Gasteiger partial charge on any atom is 0.0909 e. The van der Waals surface area contributed by atoms with Crippen molar-refractivity contribution in [3.8, 4) is 0 Å². The number of aromatic nitrogens is 1. The van der Waals surface area contributed by atoms with Crippen molar-refractivity contribution in [1.29, 1.82) is 0 Å². The second kappa shape index (κ2) is 5.51. The maximum atomic E-state index is 10.6. The van der Waals surface area contributed by atoms with Gasteiger partial charge in [0.1, 0.15) is 0 Å². The summed E-state index contributed by atoms with van der Waals surface area (Å²) >= 11 is 6.78. The molecule has 94 valence electrons. The van der Waals surface area contributed by atoms with Crippen molar-refractivity contribution < 1.29 is 5.11 Å². The number of hydrogen-bond acceptors (Lipinski definition) is 2. The number of hydrogen-bond donors (Lipinski definition) is 1. The highest BCUT2D eigenvalue weighted by atomic mass is 79.9. The van der Waals surface area contributed by atoms with E-state index in [2.05, 4.69) is 36.8 Å². The molecule has 2 rings (SSSR count). The Hall–Kier alpha value is -0.710. The van der Waals surface area contributed by atoms with E-state index in [4.69, 9.17) is 0 Å². The summed E-state index contributed by atoms with van der Waals surface area (Å²) in [6.45, 7) is 1.82.